The molecule has 3 N–H and O–H groups in total. The number of rotatable bonds is 6. The van der Waals surface area contributed by atoms with Crippen molar-refractivity contribution < 1.29 is 26.7 Å². The molecular weight excluding hydrogens is 613 g/mol. The number of piperazine rings is 1. The summed E-state index contributed by atoms with van der Waals surface area (Å²) in [6, 6.07) is 3.35. The van der Waals surface area contributed by atoms with Crippen molar-refractivity contribution >= 4 is 43.4 Å². The van der Waals surface area contributed by atoms with Gasteiger partial charge in [-0.25, -0.2) is 18.2 Å². The van der Waals surface area contributed by atoms with Gasteiger partial charge in [0.15, 0.2) is 10.9 Å². The van der Waals surface area contributed by atoms with E-state index in [0.29, 0.717) is 26.0 Å². The van der Waals surface area contributed by atoms with E-state index in [1.807, 2.05) is 0 Å². The van der Waals surface area contributed by atoms with E-state index in [-0.39, 0.29) is 61.8 Å². The predicted molar refractivity (Wildman–Crippen MR) is 162 cm³/mol. The first kappa shape index (κ1) is 28.8. The fourth-order valence-corrected chi connectivity index (χ4v) is 8.78. The van der Waals surface area contributed by atoms with Crippen molar-refractivity contribution in [2.45, 2.75) is 55.6 Å². The third-order valence-corrected chi connectivity index (χ3v) is 10.8. The molecule has 0 radical (unpaired) electrons. The molecule has 4 aromatic rings. The Bertz CT molecular complexity index is 1870. The molecule has 14 heteroatoms. The maximum Gasteiger partial charge on any atom is 0.319 e. The Balaban J connectivity index is 1.28. The van der Waals surface area contributed by atoms with Crippen LogP contribution in [0.15, 0.2) is 30.4 Å². The summed E-state index contributed by atoms with van der Waals surface area (Å²) in [5.74, 6) is -2.30. The first-order chi connectivity index (χ1) is 21.6. The number of aromatic nitrogens is 3. The van der Waals surface area contributed by atoms with E-state index in [9.17, 15) is 13.2 Å². The fourth-order valence-electron chi connectivity index (χ4n) is 8.01. The molecule has 2 bridgehead atoms. The van der Waals surface area contributed by atoms with Gasteiger partial charge in [-0.1, -0.05) is 11.3 Å². The van der Waals surface area contributed by atoms with Gasteiger partial charge in [-0.3, -0.25) is 4.90 Å². The van der Waals surface area contributed by atoms with E-state index in [0.717, 1.165) is 68.3 Å². The minimum Gasteiger partial charge on any atom is -0.461 e. The highest BCUT2D eigenvalue weighted by molar-refractivity contribution is 7.22. The average molecular weight is 644 g/mol. The van der Waals surface area contributed by atoms with Crippen LogP contribution in [0.5, 0.6) is 6.01 Å². The zero-order chi connectivity index (χ0) is 31.1. The maximum atomic E-state index is 16.7. The summed E-state index contributed by atoms with van der Waals surface area (Å²) in [5.41, 5.74) is 4.15. The summed E-state index contributed by atoms with van der Waals surface area (Å²) in [4.78, 5) is 17.5. The van der Waals surface area contributed by atoms with Gasteiger partial charge in [0.05, 0.1) is 26.9 Å². The maximum absolute atomic E-state index is 16.7. The van der Waals surface area contributed by atoms with Crippen molar-refractivity contribution in [1.29, 1.82) is 0 Å². The van der Waals surface area contributed by atoms with Gasteiger partial charge in [-0.15, -0.1) is 0 Å². The van der Waals surface area contributed by atoms with Crippen LogP contribution < -0.4 is 20.7 Å². The van der Waals surface area contributed by atoms with Crippen LogP contribution in [0.2, 0.25) is 0 Å². The SMILES string of the molecule is Nc1nc2c(-c3c(F)cc4c(N5C[C@H]6CC[C@@](C=C(F)F)(C5)N6)nc(OCC56CCCN5CCC6)nc4c3F)ccc(F)c2s1. The molecule has 4 saturated heterocycles. The van der Waals surface area contributed by atoms with Gasteiger partial charge in [0.2, 0.25) is 0 Å². The highest BCUT2D eigenvalue weighted by Gasteiger charge is 2.46. The molecule has 0 saturated carbocycles. The highest BCUT2D eigenvalue weighted by atomic mass is 32.1. The molecule has 2 aromatic heterocycles. The summed E-state index contributed by atoms with van der Waals surface area (Å²) in [7, 11) is 0. The second-order valence-corrected chi connectivity index (χ2v) is 13.7. The Hall–Kier alpha value is -3.62. The smallest absolute Gasteiger partial charge is 0.319 e. The lowest BCUT2D eigenvalue weighted by Crippen LogP contribution is -2.59. The van der Waals surface area contributed by atoms with Gasteiger partial charge in [-0.05, 0) is 69.8 Å². The summed E-state index contributed by atoms with van der Waals surface area (Å²) in [6.07, 6.45) is 4.33. The summed E-state index contributed by atoms with van der Waals surface area (Å²) in [6.45, 7) is 2.80. The first-order valence-corrected chi connectivity index (χ1v) is 15.9. The third kappa shape index (κ3) is 4.71. The molecule has 0 aliphatic carbocycles. The van der Waals surface area contributed by atoms with Gasteiger partial charge in [0, 0.05) is 36.2 Å². The fraction of sp³-hybridized carbons (Fsp3) is 0.452. The number of nitrogens with one attached hydrogen (secondary N) is 1. The van der Waals surface area contributed by atoms with E-state index in [1.54, 1.807) is 4.90 Å². The number of anilines is 2. The van der Waals surface area contributed by atoms with Crippen LogP contribution in [0.3, 0.4) is 0 Å². The van der Waals surface area contributed by atoms with Crippen molar-refractivity contribution in [3.8, 4) is 17.1 Å². The van der Waals surface area contributed by atoms with Crippen molar-refractivity contribution in [3.05, 3.63) is 47.8 Å². The molecule has 4 aliphatic rings. The lowest BCUT2D eigenvalue weighted by atomic mass is 9.95. The molecule has 236 valence electrons. The van der Waals surface area contributed by atoms with Crippen LogP contribution in [0.4, 0.5) is 32.9 Å². The molecule has 45 heavy (non-hydrogen) atoms. The number of hydrogen-bond acceptors (Lipinski definition) is 9. The second kappa shape index (κ2) is 10.5. The minimum atomic E-state index is -1.80. The number of fused-ring (bicyclic) bond motifs is 5. The first-order valence-electron chi connectivity index (χ1n) is 15.1. The zero-order valence-corrected chi connectivity index (χ0v) is 25.0. The Morgan fingerprint density at radius 3 is 2.64 bits per heavy atom. The van der Waals surface area contributed by atoms with E-state index in [2.05, 4.69) is 25.2 Å². The average Bonchev–Trinajstić information content (AvgIpc) is 3.75. The largest absolute Gasteiger partial charge is 0.461 e. The highest BCUT2D eigenvalue weighted by Crippen LogP contribution is 2.43. The Kier molecular flexibility index (Phi) is 6.70. The van der Waals surface area contributed by atoms with Crippen molar-refractivity contribution in [2.75, 3.05) is 43.4 Å². The molecule has 8 nitrogen and oxygen atoms in total. The number of halogens is 5. The van der Waals surface area contributed by atoms with Crippen LogP contribution in [-0.2, 0) is 0 Å². The van der Waals surface area contributed by atoms with E-state index >= 15 is 8.78 Å². The van der Waals surface area contributed by atoms with Gasteiger partial charge in [0.25, 0.3) is 6.08 Å². The van der Waals surface area contributed by atoms with Crippen molar-refractivity contribution in [3.63, 3.8) is 0 Å². The molecule has 2 aromatic carbocycles. The number of nitrogen functional groups attached to an aromatic ring is 1. The summed E-state index contributed by atoms with van der Waals surface area (Å²) >= 11 is 0.889. The molecule has 0 unspecified atom stereocenters. The third-order valence-electron chi connectivity index (χ3n) is 9.93. The van der Waals surface area contributed by atoms with Crippen LogP contribution in [0, 0.1) is 17.5 Å². The quantitative estimate of drug-likeness (QED) is 0.247. The van der Waals surface area contributed by atoms with Gasteiger partial charge >= 0.3 is 6.01 Å². The summed E-state index contributed by atoms with van der Waals surface area (Å²) < 4.78 is 80.7. The normalized spacial score (nSPS) is 24.1. The molecule has 8 rings (SSSR count). The van der Waals surface area contributed by atoms with E-state index in [1.165, 1.54) is 6.07 Å². The predicted octanol–water partition coefficient (Wildman–Crippen LogP) is 6.00. The molecule has 6 heterocycles. The van der Waals surface area contributed by atoms with Crippen LogP contribution in [0.1, 0.15) is 38.5 Å². The van der Waals surface area contributed by atoms with Crippen LogP contribution >= 0.6 is 11.3 Å². The van der Waals surface area contributed by atoms with Crippen LogP contribution in [-0.4, -0.2) is 69.8 Å². The lowest BCUT2D eigenvalue weighted by Gasteiger charge is -2.40. The van der Waals surface area contributed by atoms with Gasteiger partial charge in [0.1, 0.15) is 29.6 Å². The number of thiazole rings is 1. The number of benzene rings is 2. The van der Waals surface area contributed by atoms with Gasteiger partial charge < -0.3 is 20.7 Å². The second-order valence-electron chi connectivity index (χ2n) is 12.7. The molecule has 0 spiro atoms. The monoisotopic (exact) mass is 643 g/mol. The number of nitrogens with two attached hydrogens (primary N) is 1. The Morgan fingerprint density at radius 2 is 1.87 bits per heavy atom. The minimum absolute atomic E-state index is 0.0352. The topological polar surface area (TPSA) is 92.4 Å². The molecular formula is C31H30F5N7OS. The Morgan fingerprint density at radius 1 is 1.07 bits per heavy atom. The van der Waals surface area contributed by atoms with Crippen molar-refractivity contribution in [2.24, 2.45) is 0 Å². The molecule has 4 aliphatic heterocycles. The number of ether oxygens (including phenoxy) is 1. The summed E-state index contributed by atoms with van der Waals surface area (Å²) in [5, 5.41) is 3.43. The lowest BCUT2D eigenvalue weighted by molar-refractivity contribution is 0.108. The van der Waals surface area contributed by atoms with Crippen molar-refractivity contribution in [1.82, 2.24) is 25.2 Å². The Labute approximate surface area is 259 Å². The van der Waals surface area contributed by atoms with E-state index < -0.39 is 34.6 Å². The van der Waals surface area contributed by atoms with Crippen LogP contribution in [0.25, 0.3) is 32.2 Å². The molecule has 0 amide bonds. The molecule has 2 atom stereocenters. The molecule has 4 fully saturated rings. The standard InChI is InChI=1S/C31H30F5N7OS/c32-19-4-3-17(25-26(19)45-28(37)38-25)22-20(33)11-18-24(23(22)36)39-29(44-15-31-6-1-9-43(31)10-2-7-31)40-27(18)42-13-16-5-8-30(14-42,41-16)12-21(34)35/h3-4,11-12,16,41H,1-2,5-10,13-15H2,(H2,37,38)/t16-,30-/m1/s1. The van der Waals surface area contributed by atoms with E-state index in [4.69, 9.17) is 10.5 Å². The zero-order valence-electron chi connectivity index (χ0n) is 24.2. The number of hydrogen-bond donors (Lipinski definition) is 2. The number of nitrogens with zero attached hydrogens (tertiary/aromatic N) is 5. The van der Waals surface area contributed by atoms with Gasteiger partial charge in [-0.2, -0.15) is 18.7 Å².